The van der Waals surface area contributed by atoms with Crippen LogP contribution in [0.3, 0.4) is 0 Å². The third-order valence-corrected chi connectivity index (χ3v) is 5.33. The van der Waals surface area contributed by atoms with Crippen LogP contribution < -0.4 is 28.8 Å². The third-order valence-electron chi connectivity index (χ3n) is 2.98. The van der Waals surface area contributed by atoms with E-state index in [1.165, 1.54) is 30.3 Å². The van der Waals surface area contributed by atoms with Gasteiger partial charge in [0.1, 0.15) is 0 Å². The van der Waals surface area contributed by atoms with Gasteiger partial charge in [-0.05, 0) is 0 Å². The van der Waals surface area contributed by atoms with Crippen LogP contribution in [-0.4, -0.2) is 4.98 Å². The molecule has 90 valence electrons. The maximum atomic E-state index is 4.05. The van der Waals surface area contributed by atoms with Gasteiger partial charge in [0.2, 0.25) is 0 Å². The van der Waals surface area contributed by atoms with E-state index in [-0.39, 0.29) is 44.0 Å². The zero-order valence-electron chi connectivity index (χ0n) is 10.2. The van der Waals surface area contributed by atoms with Crippen molar-refractivity contribution in [1.29, 1.82) is 0 Å². The van der Waals surface area contributed by atoms with Gasteiger partial charge in [-0.15, -0.1) is 0 Å². The molecule has 17 heavy (non-hydrogen) atoms. The topological polar surface area (TPSA) is 15.8 Å². The summed E-state index contributed by atoms with van der Waals surface area (Å²) < 4.78 is 2.89. The van der Waals surface area contributed by atoms with Crippen molar-refractivity contribution in [3.63, 3.8) is 0 Å². The monoisotopic (exact) mass is 303 g/mol. The summed E-state index contributed by atoms with van der Waals surface area (Å²) in [6, 6.07) is 0. The van der Waals surface area contributed by atoms with Gasteiger partial charge in [-0.1, -0.05) is 0 Å². The zero-order chi connectivity index (χ0) is 11.0. The average Bonchev–Trinajstić information content (AvgIpc) is 2.69. The predicted octanol–water partition coefficient (Wildman–Crippen LogP) is -3.33. The first-order valence-electron chi connectivity index (χ1n) is 5.10. The number of hydrogen-bond donors (Lipinski definition) is 1. The number of hydrogen-bond acceptors (Lipinski definition) is 0. The molecule has 1 nitrogen and oxygen atoms in total. The molecule has 4 heteroatoms. The number of nitrogens with one attached hydrogen (secondary N) is 1. The van der Waals surface area contributed by atoms with E-state index in [1.54, 1.807) is 0 Å². The van der Waals surface area contributed by atoms with Crippen LogP contribution in [0.25, 0.3) is 0 Å². The van der Waals surface area contributed by atoms with Gasteiger partial charge in [-0.25, -0.2) is 0 Å². The first-order valence-corrected chi connectivity index (χ1v) is 6.66. The van der Waals surface area contributed by atoms with E-state index in [2.05, 4.69) is 50.6 Å². The van der Waals surface area contributed by atoms with Crippen LogP contribution >= 0.6 is 0 Å². The van der Waals surface area contributed by atoms with Crippen LogP contribution in [0.5, 0.6) is 0 Å². The maximum absolute atomic E-state index is 4.05. The van der Waals surface area contributed by atoms with E-state index in [9.17, 15) is 0 Å². The van der Waals surface area contributed by atoms with Crippen molar-refractivity contribution in [3.8, 4) is 0 Å². The van der Waals surface area contributed by atoms with E-state index in [0.29, 0.717) is 0 Å². The summed E-state index contributed by atoms with van der Waals surface area (Å²) in [7, 11) is 0. The summed E-state index contributed by atoms with van der Waals surface area (Å²) in [5.41, 5.74) is 5.35. The molecule has 0 aromatic carbocycles. The molecule has 0 fully saturated rings. The van der Waals surface area contributed by atoms with Gasteiger partial charge in [-0.2, -0.15) is 0 Å². The second-order valence-corrected chi connectivity index (χ2v) is 5.98. The van der Waals surface area contributed by atoms with Crippen LogP contribution in [0.2, 0.25) is 0 Å². The normalized spacial score (nSPS) is 12.6. The van der Waals surface area contributed by atoms with Crippen molar-refractivity contribution in [2.75, 3.05) is 0 Å². The van der Waals surface area contributed by atoms with Crippen molar-refractivity contribution in [2.24, 2.45) is 0 Å². The van der Waals surface area contributed by atoms with E-state index in [4.69, 9.17) is 0 Å². The minimum absolute atomic E-state index is 0. The van der Waals surface area contributed by atoms with Crippen molar-refractivity contribution >= 4 is 4.00 Å². The molecule has 1 aromatic heterocycles. The van der Waals surface area contributed by atoms with Crippen molar-refractivity contribution in [2.45, 2.75) is 20.8 Å². The van der Waals surface area contributed by atoms with Gasteiger partial charge in [0.25, 0.3) is 0 Å². The first kappa shape index (κ1) is 16.8. The Morgan fingerprint density at radius 2 is 1.76 bits per heavy atom. The fraction of sp³-hybridized carbons (Fsp3) is 0.231. The summed E-state index contributed by atoms with van der Waals surface area (Å²) >= 11 is -0.235. The van der Waals surface area contributed by atoms with E-state index >= 15 is 0 Å². The average molecular weight is 304 g/mol. The van der Waals surface area contributed by atoms with Crippen molar-refractivity contribution < 1.29 is 44.0 Å². The summed E-state index contributed by atoms with van der Waals surface area (Å²) in [4.78, 5) is 3.51. The Hall–Kier alpha value is -0.206. The predicted molar refractivity (Wildman–Crippen MR) is 61.0 cm³/mol. The molecule has 0 saturated heterocycles. The van der Waals surface area contributed by atoms with Gasteiger partial charge >= 0.3 is 100.0 Å². The molecule has 1 aliphatic carbocycles. The Kier molecular flexibility index (Phi) is 6.57. The summed E-state index contributed by atoms with van der Waals surface area (Å²) in [5.74, 6) is 0. The smallest absolute Gasteiger partial charge is 1.00 e. The SMILES string of the molecule is C=C1C=CC=[C]1[Ti+2][c]1[nH]c(C)c(C)c1C.[Cl-].[Cl-]. The van der Waals surface area contributed by atoms with E-state index in [1.807, 2.05) is 0 Å². The molecule has 2 rings (SSSR count). The van der Waals surface area contributed by atoms with Crippen LogP contribution in [0, 0.1) is 20.8 Å². The second kappa shape index (κ2) is 6.65. The number of rotatable bonds is 2. The fourth-order valence-electron chi connectivity index (χ4n) is 1.68. The Morgan fingerprint density at radius 1 is 1.12 bits per heavy atom. The molecule has 0 radical (unpaired) electrons. The third kappa shape index (κ3) is 3.39. The molecular formula is C13H15Cl2NTi. The minimum Gasteiger partial charge on any atom is -1.00 e. The Bertz CT molecular complexity index is 484. The van der Waals surface area contributed by atoms with Gasteiger partial charge in [0.05, 0.1) is 0 Å². The van der Waals surface area contributed by atoms with E-state index < -0.39 is 0 Å². The number of H-pyrrole nitrogens is 1. The Labute approximate surface area is 124 Å². The molecule has 0 aliphatic heterocycles. The van der Waals surface area contributed by atoms with E-state index in [0.717, 1.165) is 0 Å². The van der Waals surface area contributed by atoms with Gasteiger partial charge < -0.3 is 24.8 Å². The number of halogens is 2. The summed E-state index contributed by atoms with van der Waals surface area (Å²) in [6.07, 6.45) is 6.39. The Balaban J connectivity index is 0.00000128. The molecular weight excluding hydrogens is 289 g/mol. The summed E-state index contributed by atoms with van der Waals surface area (Å²) in [6.45, 7) is 10.6. The maximum Gasteiger partial charge on any atom is -1.00 e. The first-order chi connectivity index (χ1) is 7.09. The largest absolute Gasteiger partial charge is 1.00 e. The second-order valence-electron chi connectivity index (χ2n) is 3.96. The molecule has 0 atom stereocenters. The molecule has 0 bridgehead atoms. The number of aromatic amines is 1. The molecule has 1 aromatic rings. The van der Waals surface area contributed by atoms with Crippen LogP contribution in [0.15, 0.2) is 34.3 Å². The van der Waals surface area contributed by atoms with Crippen LogP contribution in [0.1, 0.15) is 16.8 Å². The standard InChI is InChI=1S/C7H10N.C6H5.2ClH.Ti/c1-5-4-8-7(3)6(5)2;1-6-4-2-3-5-6;;;/h8H,1-3H3;2-4H,1H2;2*1H;/q;;;;+2/p-2. The quantitative estimate of drug-likeness (QED) is 0.550. The minimum atomic E-state index is -0.235. The molecule has 0 spiro atoms. The zero-order valence-corrected chi connectivity index (χ0v) is 13.3. The van der Waals surface area contributed by atoms with Crippen LogP contribution in [-0.2, 0) is 19.2 Å². The number of aryl methyl sites for hydroxylation is 1. The Morgan fingerprint density at radius 3 is 2.18 bits per heavy atom. The van der Waals surface area contributed by atoms with Crippen molar-refractivity contribution in [3.05, 3.63) is 51.1 Å². The number of allylic oxidation sites excluding steroid dienone is 5. The van der Waals surface area contributed by atoms with Crippen molar-refractivity contribution in [1.82, 2.24) is 4.98 Å². The molecule has 0 saturated carbocycles. The number of aromatic nitrogens is 1. The summed E-state index contributed by atoms with van der Waals surface area (Å²) in [5, 5.41) is 0. The molecule has 1 aliphatic rings. The fourth-order valence-corrected chi connectivity index (χ4v) is 3.74. The van der Waals surface area contributed by atoms with Gasteiger partial charge in [0, 0.05) is 0 Å². The van der Waals surface area contributed by atoms with Gasteiger partial charge in [0.15, 0.2) is 0 Å². The molecule has 0 unspecified atom stereocenters. The van der Waals surface area contributed by atoms with Gasteiger partial charge in [-0.3, -0.25) is 0 Å². The molecule has 1 N–H and O–H groups in total. The van der Waals surface area contributed by atoms with Crippen LogP contribution in [0.4, 0.5) is 0 Å². The molecule has 0 amide bonds. The molecule has 1 heterocycles.